The van der Waals surface area contributed by atoms with Crippen LogP contribution >= 0.6 is 11.3 Å². The van der Waals surface area contributed by atoms with Crippen LogP contribution in [-0.4, -0.2) is 21.1 Å². The van der Waals surface area contributed by atoms with Gasteiger partial charge in [0.2, 0.25) is 5.82 Å². The van der Waals surface area contributed by atoms with E-state index < -0.39 is 17.6 Å². The van der Waals surface area contributed by atoms with E-state index in [1.54, 1.807) is 13.0 Å². The summed E-state index contributed by atoms with van der Waals surface area (Å²) in [6, 6.07) is 5.39. The second-order valence-corrected chi connectivity index (χ2v) is 6.80. The fourth-order valence-electron chi connectivity index (χ4n) is 2.85. The van der Waals surface area contributed by atoms with Crippen molar-refractivity contribution >= 4 is 17.3 Å². The molecule has 1 aliphatic carbocycles. The third-order valence-electron chi connectivity index (χ3n) is 4.12. The van der Waals surface area contributed by atoms with Gasteiger partial charge >= 0.3 is 5.97 Å². The number of aryl methyl sites for hydroxylation is 2. The number of rotatable bonds is 4. The number of aromatic amines is 1. The fourth-order valence-corrected chi connectivity index (χ4v) is 3.49. The van der Waals surface area contributed by atoms with Gasteiger partial charge in [0.1, 0.15) is 5.56 Å². The van der Waals surface area contributed by atoms with Crippen molar-refractivity contribution in [3.05, 3.63) is 56.6 Å². The molecule has 0 aliphatic heterocycles. The molecule has 4 rings (SSSR count). The van der Waals surface area contributed by atoms with Crippen LogP contribution in [0.3, 0.4) is 0 Å². The maximum Gasteiger partial charge on any atom is 0.344 e. The minimum Gasteiger partial charge on any atom is -0.449 e. The van der Waals surface area contributed by atoms with Gasteiger partial charge in [0, 0.05) is 5.69 Å². The quantitative estimate of drug-likeness (QED) is 0.721. The molecular formula is C17H15N3O4S. The predicted octanol–water partition coefficient (Wildman–Crippen LogP) is 2.89. The molecule has 8 heteroatoms. The summed E-state index contributed by atoms with van der Waals surface area (Å²) in [5.41, 5.74) is 1.48. The van der Waals surface area contributed by atoms with Crippen molar-refractivity contribution in [2.75, 3.05) is 0 Å². The zero-order chi connectivity index (χ0) is 17.4. The molecule has 128 valence electrons. The standard InChI is InChI=1S/C17H15N3O4S/c1-9(16-19-14(20-24-16)13-6-3-7-25-13)23-17(22)11-8-10-4-2-5-12(10)18-15(11)21/h3,6-9H,2,4-5H2,1H3,(H,18,21). The third-order valence-corrected chi connectivity index (χ3v) is 4.99. The molecule has 7 nitrogen and oxygen atoms in total. The number of carbonyl (C=O) groups is 1. The molecule has 0 saturated carbocycles. The molecule has 0 amide bonds. The minimum atomic E-state index is -0.749. The Morgan fingerprint density at radius 2 is 2.32 bits per heavy atom. The Balaban J connectivity index is 1.52. The van der Waals surface area contributed by atoms with E-state index in [2.05, 4.69) is 15.1 Å². The van der Waals surface area contributed by atoms with Gasteiger partial charge in [-0.15, -0.1) is 11.3 Å². The molecule has 1 unspecified atom stereocenters. The van der Waals surface area contributed by atoms with Crippen LogP contribution < -0.4 is 5.56 Å². The number of carbonyl (C=O) groups excluding carboxylic acids is 1. The Bertz CT molecular complexity index is 974. The molecule has 1 aliphatic rings. The highest BCUT2D eigenvalue weighted by Crippen LogP contribution is 2.25. The lowest BCUT2D eigenvalue weighted by Crippen LogP contribution is -2.22. The van der Waals surface area contributed by atoms with E-state index >= 15 is 0 Å². The number of H-pyrrole nitrogens is 1. The molecule has 0 saturated heterocycles. The normalized spacial score (nSPS) is 14.3. The summed E-state index contributed by atoms with van der Waals surface area (Å²) in [4.78, 5) is 32.3. The van der Waals surface area contributed by atoms with Crippen LogP contribution in [0.4, 0.5) is 0 Å². The first-order valence-corrected chi connectivity index (χ1v) is 8.83. The Hall–Kier alpha value is -2.74. The summed E-state index contributed by atoms with van der Waals surface area (Å²) < 4.78 is 10.5. The molecule has 1 N–H and O–H groups in total. The van der Waals surface area contributed by atoms with Crippen molar-refractivity contribution < 1.29 is 14.1 Å². The molecule has 0 spiro atoms. The Labute approximate surface area is 146 Å². The Morgan fingerprint density at radius 1 is 1.44 bits per heavy atom. The summed E-state index contributed by atoms with van der Waals surface area (Å²) in [5, 5.41) is 5.80. The van der Waals surface area contributed by atoms with E-state index in [0.29, 0.717) is 5.82 Å². The van der Waals surface area contributed by atoms with Crippen LogP contribution in [0, 0.1) is 0 Å². The van der Waals surface area contributed by atoms with E-state index in [4.69, 9.17) is 9.26 Å². The van der Waals surface area contributed by atoms with Crippen LogP contribution in [0.25, 0.3) is 10.7 Å². The van der Waals surface area contributed by atoms with E-state index in [9.17, 15) is 9.59 Å². The van der Waals surface area contributed by atoms with Gasteiger partial charge in [-0.3, -0.25) is 4.79 Å². The maximum absolute atomic E-state index is 12.4. The molecule has 0 radical (unpaired) electrons. The predicted molar refractivity (Wildman–Crippen MR) is 90.5 cm³/mol. The summed E-state index contributed by atoms with van der Waals surface area (Å²) >= 11 is 1.49. The minimum absolute atomic E-state index is 0.00509. The summed E-state index contributed by atoms with van der Waals surface area (Å²) in [6.45, 7) is 1.63. The first kappa shape index (κ1) is 15.8. The number of thiophene rings is 1. The SMILES string of the molecule is CC(OC(=O)c1cc2c([nH]c1=O)CCC2)c1nc(-c2cccs2)no1. The molecule has 0 fully saturated rings. The smallest absolute Gasteiger partial charge is 0.344 e. The maximum atomic E-state index is 12.4. The van der Waals surface area contributed by atoms with Gasteiger partial charge in [0.05, 0.1) is 4.88 Å². The average molecular weight is 357 g/mol. The topological polar surface area (TPSA) is 98.1 Å². The number of hydrogen-bond donors (Lipinski definition) is 1. The molecular weight excluding hydrogens is 342 g/mol. The molecule has 0 aromatic carbocycles. The van der Waals surface area contributed by atoms with E-state index in [-0.39, 0.29) is 11.5 Å². The number of nitrogens with zero attached hydrogens (tertiary/aromatic N) is 2. The van der Waals surface area contributed by atoms with Crippen LogP contribution in [-0.2, 0) is 17.6 Å². The Kier molecular flexibility index (Phi) is 3.96. The molecule has 0 bridgehead atoms. The summed E-state index contributed by atoms with van der Waals surface area (Å²) in [5.74, 6) is -0.0584. The largest absolute Gasteiger partial charge is 0.449 e. The van der Waals surface area contributed by atoms with E-state index in [1.165, 1.54) is 11.3 Å². The molecule has 1 atom stereocenters. The fraction of sp³-hybridized carbons (Fsp3) is 0.294. The van der Waals surface area contributed by atoms with Crippen molar-refractivity contribution in [2.24, 2.45) is 0 Å². The number of hydrogen-bond acceptors (Lipinski definition) is 7. The van der Waals surface area contributed by atoms with Gasteiger partial charge < -0.3 is 14.2 Å². The number of ether oxygens (including phenoxy) is 1. The van der Waals surface area contributed by atoms with Crippen molar-refractivity contribution in [2.45, 2.75) is 32.3 Å². The van der Waals surface area contributed by atoms with Crippen LogP contribution in [0.2, 0.25) is 0 Å². The van der Waals surface area contributed by atoms with Crippen LogP contribution in [0.1, 0.15) is 47.0 Å². The number of pyridine rings is 1. The van der Waals surface area contributed by atoms with Crippen molar-refractivity contribution in [3.63, 3.8) is 0 Å². The first-order chi connectivity index (χ1) is 12.1. The molecule has 3 heterocycles. The Morgan fingerprint density at radius 3 is 3.12 bits per heavy atom. The lowest BCUT2D eigenvalue weighted by Gasteiger charge is -2.09. The van der Waals surface area contributed by atoms with Crippen molar-refractivity contribution in [3.8, 4) is 10.7 Å². The first-order valence-electron chi connectivity index (χ1n) is 7.95. The highest BCUT2D eigenvalue weighted by molar-refractivity contribution is 7.13. The van der Waals surface area contributed by atoms with Gasteiger partial charge in [-0.1, -0.05) is 11.2 Å². The number of aromatic nitrogens is 3. The van der Waals surface area contributed by atoms with Gasteiger partial charge in [0.15, 0.2) is 6.10 Å². The second kappa shape index (κ2) is 6.29. The zero-order valence-corrected chi connectivity index (χ0v) is 14.3. The monoisotopic (exact) mass is 357 g/mol. The lowest BCUT2D eigenvalue weighted by molar-refractivity contribution is 0.0263. The average Bonchev–Trinajstić information content (AvgIpc) is 3.33. The van der Waals surface area contributed by atoms with Crippen LogP contribution in [0.5, 0.6) is 0 Å². The zero-order valence-electron chi connectivity index (χ0n) is 13.4. The van der Waals surface area contributed by atoms with Gasteiger partial charge in [-0.05, 0) is 49.3 Å². The highest BCUT2D eigenvalue weighted by Gasteiger charge is 2.24. The molecule has 25 heavy (non-hydrogen) atoms. The second-order valence-electron chi connectivity index (χ2n) is 5.85. The number of esters is 1. The van der Waals surface area contributed by atoms with Gasteiger partial charge in [-0.2, -0.15) is 4.98 Å². The van der Waals surface area contributed by atoms with Crippen molar-refractivity contribution in [1.82, 2.24) is 15.1 Å². The van der Waals surface area contributed by atoms with Gasteiger partial charge in [0.25, 0.3) is 11.4 Å². The molecule has 3 aromatic heterocycles. The highest BCUT2D eigenvalue weighted by atomic mass is 32.1. The number of nitrogens with one attached hydrogen (secondary N) is 1. The summed E-state index contributed by atoms with van der Waals surface area (Å²) in [7, 11) is 0. The summed E-state index contributed by atoms with van der Waals surface area (Å²) in [6.07, 6.45) is 1.93. The number of fused-ring (bicyclic) bond motifs is 1. The van der Waals surface area contributed by atoms with E-state index in [0.717, 1.165) is 35.4 Å². The lowest BCUT2D eigenvalue weighted by atomic mass is 10.1. The van der Waals surface area contributed by atoms with E-state index in [1.807, 2.05) is 17.5 Å². The van der Waals surface area contributed by atoms with Crippen LogP contribution in [0.15, 0.2) is 32.9 Å². The van der Waals surface area contributed by atoms with Crippen molar-refractivity contribution in [1.29, 1.82) is 0 Å². The van der Waals surface area contributed by atoms with Gasteiger partial charge in [-0.25, -0.2) is 4.79 Å². The molecule has 3 aromatic rings. The third kappa shape index (κ3) is 3.00.